The molecule has 4 rings (SSSR count). The number of ether oxygens (including phenoxy) is 2. The Morgan fingerprint density at radius 2 is 1.68 bits per heavy atom. The van der Waals surface area contributed by atoms with Crippen LogP contribution in [0.1, 0.15) is 22.6 Å². The molecule has 0 saturated carbocycles. The molecule has 31 heavy (non-hydrogen) atoms. The lowest BCUT2D eigenvalue weighted by Gasteiger charge is -2.18. The summed E-state index contributed by atoms with van der Waals surface area (Å²) in [4.78, 5) is 15.0. The van der Waals surface area contributed by atoms with Crippen molar-refractivity contribution in [2.45, 2.75) is 12.8 Å². The van der Waals surface area contributed by atoms with Crippen LogP contribution in [0.25, 0.3) is 22.2 Å². The van der Waals surface area contributed by atoms with Crippen molar-refractivity contribution in [1.29, 1.82) is 0 Å². The van der Waals surface area contributed by atoms with Crippen molar-refractivity contribution in [2.75, 3.05) is 20.8 Å². The van der Waals surface area contributed by atoms with Crippen LogP contribution < -0.4 is 9.47 Å². The van der Waals surface area contributed by atoms with Gasteiger partial charge in [-0.25, -0.2) is 0 Å². The van der Waals surface area contributed by atoms with Crippen LogP contribution in [0.5, 0.6) is 11.5 Å². The molecule has 1 aromatic heterocycles. The fourth-order valence-electron chi connectivity index (χ4n) is 4.06. The second kappa shape index (κ2) is 8.52. The Bertz CT molecular complexity index is 1230. The second-order valence-electron chi connectivity index (χ2n) is 7.51. The molecule has 0 radical (unpaired) electrons. The van der Waals surface area contributed by atoms with Crippen LogP contribution in [0.3, 0.4) is 0 Å². The first-order valence-electron chi connectivity index (χ1n) is 10.0. The van der Waals surface area contributed by atoms with Crippen molar-refractivity contribution in [1.82, 2.24) is 4.98 Å². The highest BCUT2D eigenvalue weighted by Crippen LogP contribution is 2.41. The Morgan fingerprint density at radius 3 is 2.35 bits per heavy atom. The zero-order valence-corrected chi connectivity index (χ0v) is 17.7. The highest BCUT2D eigenvalue weighted by Gasteiger charge is 2.28. The zero-order valence-electron chi connectivity index (χ0n) is 17.7. The van der Waals surface area contributed by atoms with Crippen molar-refractivity contribution in [2.24, 2.45) is 0 Å². The van der Waals surface area contributed by atoms with Gasteiger partial charge in [0, 0.05) is 15.8 Å². The van der Waals surface area contributed by atoms with E-state index in [9.17, 15) is 10.1 Å². The van der Waals surface area contributed by atoms with Gasteiger partial charge in [-0.3, -0.25) is 10.1 Å². The topological polar surface area (TPSA) is 77.4 Å². The van der Waals surface area contributed by atoms with Crippen LogP contribution in [0.15, 0.2) is 66.7 Å². The maximum absolute atomic E-state index is 11.7. The van der Waals surface area contributed by atoms with E-state index in [4.69, 9.17) is 9.47 Å². The van der Waals surface area contributed by atoms with Gasteiger partial charge in [-0.15, -0.1) is 0 Å². The number of aryl methyl sites for hydroxylation is 1. The van der Waals surface area contributed by atoms with Gasteiger partial charge in [-0.05, 0) is 41.8 Å². The third-order valence-corrected chi connectivity index (χ3v) is 5.58. The van der Waals surface area contributed by atoms with Gasteiger partial charge in [-0.1, -0.05) is 54.1 Å². The SMILES string of the molecule is COc1ccc([C@H](C[N+](=O)[O-])c2c(-c3ccc(C)cc3)[nH]c3ccccc23)cc1OC. The van der Waals surface area contributed by atoms with Gasteiger partial charge in [0.2, 0.25) is 6.54 Å². The number of nitrogens with one attached hydrogen (secondary N) is 1. The molecule has 0 bridgehead atoms. The minimum atomic E-state index is -0.470. The molecule has 6 nitrogen and oxygen atoms in total. The van der Waals surface area contributed by atoms with Gasteiger partial charge in [0.1, 0.15) is 0 Å². The van der Waals surface area contributed by atoms with Crippen molar-refractivity contribution in [3.05, 3.63) is 93.5 Å². The number of H-pyrrole nitrogens is 1. The fraction of sp³-hybridized carbons (Fsp3) is 0.200. The number of para-hydroxylation sites is 1. The summed E-state index contributed by atoms with van der Waals surface area (Å²) in [7, 11) is 3.13. The quantitative estimate of drug-likeness (QED) is 0.316. The molecule has 0 aliphatic carbocycles. The first kappa shape index (κ1) is 20.5. The van der Waals surface area contributed by atoms with E-state index in [1.807, 2.05) is 67.6 Å². The summed E-state index contributed by atoms with van der Waals surface area (Å²) in [6.45, 7) is 1.80. The van der Waals surface area contributed by atoms with Crippen LogP contribution in [-0.2, 0) is 0 Å². The number of nitro groups is 1. The number of hydrogen-bond acceptors (Lipinski definition) is 4. The monoisotopic (exact) mass is 416 g/mol. The molecule has 0 saturated heterocycles. The molecule has 158 valence electrons. The summed E-state index contributed by atoms with van der Waals surface area (Å²) in [5.74, 6) is 0.663. The molecular weight excluding hydrogens is 392 g/mol. The molecule has 0 aliphatic heterocycles. The van der Waals surface area contributed by atoms with Gasteiger partial charge in [0.25, 0.3) is 0 Å². The maximum Gasteiger partial charge on any atom is 0.214 e. The standard InChI is InChI=1S/C25H24N2O4/c1-16-8-10-17(11-9-16)25-24(19-6-4-5-7-21(19)26-25)20(15-27(28)29)18-12-13-22(30-2)23(14-18)31-3/h4-14,20,26H,15H2,1-3H3/t20-/m0/s1. The number of aromatic nitrogens is 1. The fourth-order valence-corrected chi connectivity index (χ4v) is 4.06. The third kappa shape index (κ3) is 3.97. The van der Waals surface area contributed by atoms with Crippen molar-refractivity contribution >= 4 is 10.9 Å². The predicted molar refractivity (Wildman–Crippen MR) is 122 cm³/mol. The molecule has 1 atom stereocenters. The van der Waals surface area contributed by atoms with E-state index in [-0.39, 0.29) is 11.5 Å². The largest absolute Gasteiger partial charge is 0.493 e. The number of methoxy groups -OCH3 is 2. The molecule has 0 unspecified atom stereocenters. The van der Waals surface area contributed by atoms with Crippen LogP contribution in [0.2, 0.25) is 0 Å². The average molecular weight is 416 g/mol. The molecule has 0 amide bonds. The van der Waals surface area contributed by atoms with E-state index in [0.29, 0.717) is 11.5 Å². The Kier molecular flexibility index (Phi) is 5.62. The smallest absolute Gasteiger partial charge is 0.214 e. The number of rotatable bonds is 7. The molecule has 6 heteroatoms. The number of nitrogens with zero attached hydrogens (tertiary/aromatic N) is 1. The summed E-state index contributed by atoms with van der Waals surface area (Å²) < 4.78 is 10.8. The van der Waals surface area contributed by atoms with Crippen LogP contribution in [0, 0.1) is 17.0 Å². The van der Waals surface area contributed by atoms with Gasteiger partial charge >= 0.3 is 0 Å². The van der Waals surface area contributed by atoms with Crippen molar-refractivity contribution in [3.8, 4) is 22.8 Å². The Balaban J connectivity index is 1.97. The molecular formula is C25H24N2O4. The number of hydrogen-bond donors (Lipinski definition) is 1. The van der Waals surface area contributed by atoms with E-state index >= 15 is 0 Å². The third-order valence-electron chi connectivity index (χ3n) is 5.58. The van der Waals surface area contributed by atoms with E-state index < -0.39 is 5.92 Å². The highest BCUT2D eigenvalue weighted by atomic mass is 16.6. The molecule has 1 N–H and O–H groups in total. The Morgan fingerprint density at radius 1 is 0.968 bits per heavy atom. The summed E-state index contributed by atoms with van der Waals surface area (Å²) in [5.41, 5.74) is 5.69. The lowest BCUT2D eigenvalue weighted by atomic mass is 9.87. The first-order chi connectivity index (χ1) is 15.0. The van der Waals surface area contributed by atoms with Crippen LogP contribution in [-0.4, -0.2) is 30.7 Å². The highest BCUT2D eigenvalue weighted by molar-refractivity contribution is 5.92. The minimum absolute atomic E-state index is 0.240. The average Bonchev–Trinajstić information content (AvgIpc) is 3.16. The van der Waals surface area contributed by atoms with E-state index in [1.165, 1.54) is 0 Å². The zero-order chi connectivity index (χ0) is 22.0. The number of aromatic amines is 1. The van der Waals surface area contributed by atoms with Gasteiger partial charge < -0.3 is 14.5 Å². The van der Waals surface area contributed by atoms with Gasteiger partial charge in [0.05, 0.1) is 25.8 Å². The van der Waals surface area contributed by atoms with Crippen LogP contribution >= 0.6 is 0 Å². The molecule has 1 heterocycles. The molecule has 0 aliphatic rings. The van der Waals surface area contributed by atoms with Gasteiger partial charge in [0.15, 0.2) is 11.5 Å². The first-order valence-corrected chi connectivity index (χ1v) is 10.0. The van der Waals surface area contributed by atoms with Crippen molar-refractivity contribution < 1.29 is 14.4 Å². The van der Waals surface area contributed by atoms with Gasteiger partial charge in [-0.2, -0.15) is 0 Å². The van der Waals surface area contributed by atoms with Crippen molar-refractivity contribution in [3.63, 3.8) is 0 Å². The second-order valence-corrected chi connectivity index (χ2v) is 7.51. The Labute approximate surface area is 180 Å². The van der Waals surface area contributed by atoms with E-state index in [0.717, 1.165) is 38.9 Å². The molecule has 4 aromatic rings. The van der Waals surface area contributed by atoms with E-state index in [1.54, 1.807) is 20.3 Å². The maximum atomic E-state index is 11.7. The molecule has 0 fully saturated rings. The lowest BCUT2D eigenvalue weighted by molar-refractivity contribution is -0.481. The normalized spacial score (nSPS) is 12.0. The van der Waals surface area contributed by atoms with Crippen LogP contribution in [0.4, 0.5) is 0 Å². The predicted octanol–water partition coefficient (Wildman–Crippen LogP) is 5.57. The van der Waals surface area contributed by atoms with E-state index in [2.05, 4.69) is 4.98 Å². The summed E-state index contributed by atoms with van der Waals surface area (Å²) in [5, 5.41) is 12.7. The molecule has 3 aromatic carbocycles. The number of fused-ring (bicyclic) bond motifs is 1. The number of benzene rings is 3. The minimum Gasteiger partial charge on any atom is -0.493 e. The summed E-state index contributed by atoms with van der Waals surface area (Å²) >= 11 is 0. The summed E-state index contributed by atoms with van der Waals surface area (Å²) in [6, 6.07) is 21.6. The summed E-state index contributed by atoms with van der Waals surface area (Å²) in [6.07, 6.45) is 0. The Hall–Kier alpha value is -3.80. The lowest BCUT2D eigenvalue weighted by Crippen LogP contribution is -2.15. The molecule has 0 spiro atoms.